The van der Waals surface area contributed by atoms with E-state index in [9.17, 15) is 9.59 Å². The molecule has 0 saturated heterocycles. The topological polar surface area (TPSA) is 46.6 Å². The van der Waals surface area contributed by atoms with Gasteiger partial charge in [-0.3, -0.25) is 14.4 Å². The summed E-state index contributed by atoms with van der Waals surface area (Å²) in [5.74, 6) is 0.345. The molecule has 1 saturated carbocycles. The zero-order valence-corrected chi connectivity index (χ0v) is 10.7. The number of carbonyl (C=O) groups is 2. The number of hydrogen-bond donors (Lipinski definition) is 0. The smallest absolute Gasteiger partial charge is 0.250 e. The van der Waals surface area contributed by atoms with Crippen LogP contribution in [0.3, 0.4) is 0 Å². The van der Waals surface area contributed by atoms with Crippen LogP contribution in [0.1, 0.15) is 28.8 Å². The minimum absolute atomic E-state index is 0.112. The number of likely N-dealkylation sites (N-methyl/N-ethyl adjacent to an activating group) is 1. The lowest BCUT2D eigenvalue weighted by atomic mass is 10.0. The van der Waals surface area contributed by atoms with Gasteiger partial charge in [-0.2, -0.15) is 0 Å². The van der Waals surface area contributed by atoms with Gasteiger partial charge in [0.2, 0.25) is 5.91 Å². The first-order chi connectivity index (χ1) is 8.61. The molecule has 96 valence electrons. The van der Waals surface area contributed by atoms with E-state index in [4.69, 9.17) is 4.84 Å². The fraction of sp³-hybridized carbons (Fsp3) is 0.429. The van der Waals surface area contributed by atoms with Crippen LogP contribution >= 0.6 is 0 Å². The fourth-order valence-electron chi connectivity index (χ4n) is 1.76. The molecule has 4 heteroatoms. The Morgan fingerprint density at radius 2 is 1.89 bits per heavy atom. The third-order valence-corrected chi connectivity index (χ3v) is 3.17. The van der Waals surface area contributed by atoms with Crippen molar-refractivity contribution in [3.05, 3.63) is 35.4 Å². The van der Waals surface area contributed by atoms with Crippen molar-refractivity contribution in [1.82, 2.24) is 5.06 Å². The normalized spacial score (nSPS) is 14.3. The van der Waals surface area contributed by atoms with Gasteiger partial charge in [-0.05, 0) is 18.4 Å². The predicted molar refractivity (Wildman–Crippen MR) is 67.0 cm³/mol. The summed E-state index contributed by atoms with van der Waals surface area (Å²) in [5, 5.41) is 1.20. The molecular formula is C14H17NO3. The van der Waals surface area contributed by atoms with Crippen LogP contribution in [0.25, 0.3) is 0 Å². The minimum atomic E-state index is -0.112. The molecule has 0 bridgehead atoms. The summed E-state index contributed by atoms with van der Waals surface area (Å²) in [6, 6.07) is 7.26. The van der Waals surface area contributed by atoms with Gasteiger partial charge in [0.05, 0.1) is 13.5 Å². The Kier molecular flexibility index (Phi) is 3.77. The van der Waals surface area contributed by atoms with Crippen molar-refractivity contribution in [2.75, 3.05) is 14.2 Å². The highest BCUT2D eigenvalue weighted by atomic mass is 16.7. The first-order valence-corrected chi connectivity index (χ1v) is 6.05. The third kappa shape index (κ3) is 2.96. The zero-order valence-electron chi connectivity index (χ0n) is 10.7. The monoisotopic (exact) mass is 247 g/mol. The second-order valence-electron chi connectivity index (χ2n) is 4.59. The largest absolute Gasteiger partial charge is 0.294 e. The summed E-state index contributed by atoms with van der Waals surface area (Å²) in [7, 11) is 3.03. The summed E-state index contributed by atoms with van der Waals surface area (Å²) in [6.45, 7) is 0. The van der Waals surface area contributed by atoms with Gasteiger partial charge in [0.15, 0.2) is 5.78 Å². The van der Waals surface area contributed by atoms with Crippen LogP contribution in [0, 0.1) is 5.92 Å². The van der Waals surface area contributed by atoms with Crippen LogP contribution in [0.2, 0.25) is 0 Å². The first kappa shape index (κ1) is 12.8. The van der Waals surface area contributed by atoms with Gasteiger partial charge < -0.3 is 0 Å². The van der Waals surface area contributed by atoms with E-state index < -0.39 is 0 Å². The van der Waals surface area contributed by atoms with Crippen molar-refractivity contribution < 1.29 is 14.4 Å². The van der Waals surface area contributed by atoms with E-state index in [1.54, 1.807) is 19.2 Å². The van der Waals surface area contributed by atoms with Crippen LogP contribution in [0.5, 0.6) is 0 Å². The molecule has 0 N–H and O–H groups in total. The molecule has 0 aliphatic heterocycles. The molecule has 1 aliphatic carbocycles. The Morgan fingerprint density at radius 1 is 1.28 bits per heavy atom. The van der Waals surface area contributed by atoms with E-state index in [-0.39, 0.29) is 24.0 Å². The molecule has 0 heterocycles. The quantitative estimate of drug-likeness (QED) is 0.589. The van der Waals surface area contributed by atoms with Crippen molar-refractivity contribution in [2.24, 2.45) is 5.92 Å². The molecule has 1 aliphatic rings. The maximum Gasteiger partial charge on any atom is 0.250 e. The zero-order chi connectivity index (χ0) is 13.1. The summed E-state index contributed by atoms with van der Waals surface area (Å²) in [4.78, 5) is 28.2. The van der Waals surface area contributed by atoms with Gasteiger partial charge in [-0.25, -0.2) is 5.06 Å². The first-order valence-electron chi connectivity index (χ1n) is 6.05. The van der Waals surface area contributed by atoms with Crippen LogP contribution in [-0.4, -0.2) is 30.9 Å². The molecule has 1 amide bonds. The average molecular weight is 247 g/mol. The number of rotatable bonds is 5. The Morgan fingerprint density at radius 3 is 2.39 bits per heavy atom. The predicted octanol–water partition coefficient (Wildman–Crippen LogP) is 1.84. The van der Waals surface area contributed by atoms with Gasteiger partial charge in [0.25, 0.3) is 0 Å². The Hall–Kier alpha value is -1.68. The van der Waals surface area contributed by atoms with Crippen molar-refractivity contribution >= 4 is 11.7 Å². The number of carbonyl (C=O) groups excluding carboxylic acids is 2. The van der Waals surface area contributed by atoms with E-state index >= 15 is 0 Å². The molecule has 4 nitrogen and oxygen atoms in total. The van der Waals surface area contributed by atoms with E-state index in [0.29, 0.717) is 0 Å². The van der Waals surface area contributed by atoms with E-state index in [0.717, 1.165) is 24.0 Å². The molecule has 18 heavy (non-hydrogen) atoms. The van der Waals surface area contributed by atoms with E-state index in [1.165, 1.54) is 12.2 Å². The van der Waals surface area contributed by atoms with Gasteiger partial charge in [0.1, 0.15) is 0 Å². The molecule has 0 aromatic heterocycles. The number of hydrogen-bond acceptors (Lipinski definition) is 3. The summed E-state index contributed by atoms with van der Waals surface area (Å²) in [5.41, 5.74) is 1.63. The van der Waals surface area contributed by atoms with Crippen LogP contribution in [0.15, 0.2) is 24.3 Å². The Bertz CT molecular complexity index is 449. The molecule has 2 rings (SSSR count). The molecule has 0 spiro atoms. The average Bonchev–Trinajstić information content (AvgIpc) is 3.22. The molecule has 0 unspecified atom stereocenters. The minimum Gasteiger partial charge on any atom is -0.294 e. The van der Waals surface area contributed by atoms with E-state index in [1.807, 2.05) is 12.1 Å². The van der Waals surface area contributed by atoms with Gasteiger partial charge in [-0.1, -0.05) is 24.3 Å². The second kappa shape index (κ2) is 5.31. The Labute approximate surface area is 106 Å². The number of ketones is 1. The molecule has 0 atom stereocenters. The highest BCUT2D eigenvalue weighted by Crippen LogP contribution is 2.32. The molecule has 1 aromatic carbocycles. The van der Waals surface area contributed by atoms with Crippen LogP contribution in [0.4, 0.5) is 0 Å². The number of hydroxylamine groups is 2. The maximum atomic E-state index is 11.8. The lowest BCUT2D eigenvalue weighted by Gasteiger charge is -2.13. The van der Waals surface area contributed by atoms with Crippen molar-refractivity contribution in [3.8, 4) is 0 Å². The summed E-state index contributed by atoms with van der Waals surface area (Å²) < 4.78 is 0. The number of amides is 1. The van der Waals surface area contributed by atoms with Crippen LogP contribution in [-0.2, 0) is 16.1 Å². The highest BCUT2D eigenvalue weighted by molar-refractivity contribution is 5.99. The number of Topliss-reactive ketones (excluding diaryl/α,β-unsaturated/α-hetero) is 1. The second-order valence-corrected chi connectivity index (χ2v) is 4.59. The number of nitrogens with zero attached hydrogens (tertiary/aromatic N) is 1. The van der Waals surface area contributed by atoms with Gasteiger partial charge in [0, 0.05) is 18.5 Å². The molecular weight excluding hydrogens is 230 g/mol. The summed E-state index contributed by atoms with van der Waals surface area (Å²) in [6.07, 6.45) is 2.30. The van der Waals surface area contributed by atoms with Gasteiger partial charge in [-0.15, -0.1) is 0 Å². The number of benzene rings is 1. The van der Waals surface area contributed by atoms with Crippen molar-refractivity contribution in [2.45, 2.75) is 19.3 Å². The van der Waals surface area contributed by atoms with Crippen molar-refractivity contribution in [3.63, 3.8) is 0 Å². The van der Waals surface area contributed by atoms with Crippen molar-refractivity contribution in [1.29, 1.82) is 0 Å². The van der Waals surface area contributed by atoms with E-state index in [2.05, 4.69) is 0 Å². The molecule has 1 aromatic rings. The lowest BCUT2D eigenvalue weighted by Crippen LogP contribution is -2.26. The maximum absolute atomic E-state index is 11.8. The Balaban J connectivity index is 1.99. The van der Waals surface area contributed by atoms with Crippen LogP contribution < -0.4 is 0 Å². The molecule has 0 radical (unpaired) electrons. The highest BCUT2D eigenvalue weighted by Gasteiger charge is 2.30. The SMILES string of the molecule is CON(C)C(=O)Cc1ccc(C(=O)C2CC2)cc1. The van der Waals surface area contributed by atoms with Gasteiger partial charge >= 0.3 is 0 Å². The summed E-state index contributed by atoms with van der Waals surface area (Å²) >= 11 is 0. The lowest BCUT2D eigenvalue weighted by molar-refractivity contribution is -0.167. The molecule has 1 fully saturated rings. The third-order valence-electron chi connectivity index (χ3n) is 3.17. The standard InChI is InChI=1S/C14H17NO3/c1-15(18-2)13(16)9-10-3-5-11(6-4-10)14(17)12-7-8-12/h3-6,12H,7-9H2,1-2H3. The fourth-order valence-corrected chi connectivity index (χ4v) is 1.76.